The molecule has 3 aromatic rings. The van der Waals surface area contributed by atoms with Crippen molar-refractivity contribution in [2.24, 2.45) is 5.92 Å². The summed E-state index contributed by atoms with van der Waals surface area (Å²) in [5.41, 5.74) is -2.11. The topological polar surface area (TPSA) is 65.1 Å². The molecule has 5 rings (SSSR count). The van der Waals surface area contributed by atoms with Gasteiger partial charge < -0.3 is 19.1 Å². The van der Waals surface area contributed by atoms with Crippen LogP contribution in [0.5, 0.6) is 0 Å². The van der Waals surface area contributed by atoms with Gasteiger partial charge >= 0.3 is 18.4 Å². The summed E-state index contributed by atoms with van der Waals surface area (Å²) < 4.78 is 113. The van der Waals surface area contributed by atoms with Crippen LogP contribution in [0, 0.1) is 11.7 Å². The molecule has 252 valence electrons. The number of nitrogens with zero attached hydrogens (tertiary/aromatic N) is 1. The largest absolute Gasteiger partial charge is 0.445 e. The van der Waals surface area contributed by atoms with Crippen molar-refractivity contribution >= 4 is 11.9 Å². The van der Waals surface area contributed by atoms with E-state index in [0.29, 0.717) is 24.1 Å². The third-order valence-electron chi connectivity index (χ3n) is 8.56. The molecular formula is C34H32F7NO5. The first-order chi connectivity index (χ1) is 22.2. The van der Waals surface area contributed by atoms with Crippen molar-refractivity contribution in [3.05, 3.63) is 106 Å². The number of piperidine rings is 1. The summed E-state index contributed by atoms with van der Waals surface area (Å²) in [5.74, 6) is -1.97. The summed E-state index contributed by atoms with van der Waals surface area (Å²) in [4.78, 5) is 27.6. The number of hydrogen-bond donors (Lipinski definition) is 0. The number of carbonyl (C=O) groups excluding carboxylic acids is 2. The summed E-state index contributed by atoms with van der Waals surface area (Å²) in [6.07, 6.45) is -12.9. The second-order valence-electron chi connectivity index (χ2n) is 11.7. The van der Waals surface area contributed by atoms with E-state index in [0.717, 1.165) is 5.56 Å². The van der Waals surface area contributed by atoms with Crippen LogP contribution in [0.3, 0.4) is 0 Å². The highest BCUT2D eigenvalue weighted by Crippen LogP contribution is 2.44. The van der Waals surface area contributed by atoms with E-state index < -0.39 is 65.7 Å². The van der Waals surface area contributed by atoms with Crippen LogP contribution in [0.1, 0.15) is 66.0 Å². The van der Waals surface area contributed by atoms with Crippen LogP contribution >= 0.6 is 0 Å². The first kappa shape index (κ1) is 34.4. The Morgan fingerprint density at radius 1 is 0.957 bits per heavy atom. The van der Waals surface area contributed by atoms with Crippen molar-refractivity contribution in [3.8, 4) is 0 Å². The summed E-state index contributed by atoms with van der Waals surface area (Å²) in [6, 6.07) is 14.8. The number of hydrogen-bond acceptors (Lipinski definition) is 5. The van der Waals surface area contributed by atoms with Crippen LogP contribution in [0.15, 0.2) is 72.8 Å². The summed E-state index contributed by atoms with van der Waals surface area (Å²) >= 11 is 0. The van der Waals surface area contributed by atoms with E-state index in [1.165, 1.54) is 36.1 Å². The minimum absolute atomic E-state index is 0.00778. The van der Waals surface area contributed by atoms with Gasteiger partial charge in [-0.05, 0) is 66.3 Å². The molecule has 6 nitrogen and oxygen atoms in total. The summed E-state index contributed by atoms with van der Waals surface area (Å²) in [5, 5.41) is 0. The number of alkyl halides is 6. The maximum Gasteiger partial charge on any atom is 0.416 e. The van der Waals surface area contributed by atoms with E-state index in [1.807, 2.05) is 6.07 Å². The molecular weight excluding hydrogens is 635 g/mol. The van der Waals surface area contributed by atoms with Crippen molar-refractivity contribution in [2.45, 2.75) is 69.5 Å². The van der Waals surface area contributed by atoms with Gasteiger partial charge in [-0.15, -0.1) is 0 Å². The number of ketones is 1. The van der Waals surface area contributed by atoms with Crippen molar-refractivity contribution in [1.29, 1.82) is 0 Å². The molecule has 2 heterocycles. The van der Waals surface area contributed by atoms with Gasteiger partial charge in [0, 0.05) is 31.3 Å². The zero-order chi connectivity index (χ0) is 33.9. The minimum atomic E-state index is -5.05. The normalized spacial score (nSPS) is 23.0. The van der Waals surface area contributed by atoms with Crippen LogP contribution in [0.4, 0.5) is 35.5 Å². The Bertz CT molecular complexity index is 1510. The highest BCUT2D eigenvalue weighted by molar-refractivity contribution is 5.82. The molecule has 2 aliphatic rings. The van der Waals surface area contributed by atoms with E-state index >= 15 is 0 Å². The molecule has 0 radical (unpaired) electrons. The first-order valence-electron chi connectivity index (χ1n) is 15.0. The number of carbonyl (C=O) groups is 2. The predicted octanol–water partition coefficient (Wildman–Crippen LogP) is 8.46. The van der Waals surface area contributed by atoms with Gasteiger partial charge in [-0.2, -0.15) is 26.3 Å². The Morgan fingerprint density at radius 3 is 2.21 bits per heavy atom. The average molecular weight is 668 g/mol. The molecule has 13 heteroatoms. The second-order valence-corrected chi connectivity index (χ2v) is 11.7. The maximum absolute atomic E-state index is 14.0. The van der Waals surface area contributed by atoms with Crippen molar-refractivity contribution in [2.75, 3.05) is 13.2 Å². The predicted molar refractivity (Wildman–Crippen MR) is 154 cm³/mol. The molecule has 0 saturated carbocycles. The zero-order valence-corrected chi connectivity index (χ0v) is 25.2. The van der Waals surface area contributed by atoms with Gasteiger partial charge in [0.2, 0.25) is 0 Å². The Kier molecular flexibility index (Phi) is 10.3. The Morgan fingerprint density at radius 2 is 1.60 bits per heavy atom. The highest BCUT2D eigenvalue weighted by Gasteiger charge is 2.46. The molecule has 2 aliphatic heterocycles. The molecule has 0 aromatic heterocycles. The lowest BCUT2D eigenvalue weighted by Gasteiger charge is -2.46. The number of amides is 1. The van der Waals surface area contributed by atoms with Gasteiger partial charge in [0.1, 0.15) is 18.2 Å². The second kappa shape index (κ2) is 14.0. The number of benzene rings is 3. The number of Topliss-reactive ketones (excluding diaryl/α,β-unsaturated/α-hetero) is 1. The van der Waals surface area contributed by atoms with Crippen LogP contribution < -0.4 is 0 Å². The average Bonchev–Trinajstić information content (AvgIpc) is 3.03. The fourth-order valence-electron chi connectivity index (χ4n) is 6.21. The summed E-state index contributed by atoms with van der Waals surface area (Å²) in [7, 11) is 0. The molecule has 47 heavy (non-hydrogen) atoms. The Labute approximate surface area is 266 Å². The van der Waals surface area contributed by atoms with Crippen molar-refractivity contribution in [1.82, 2.24) is 4.90 Å². The molecule has 0 N–H and O–H groups in total. The van der Waals surface area contributed by atoms with Gasteiger partial charge in [-0.3, -0.25) is 4.79 Å². The van der Waals surface area contributed by atoms with Gasteiger partial charge in [0.25, 0.3) is 0 Å². The number of likely N-dealkylation sites (tertiary alicyclic amines) is 1. The Hall–Kier alpha value is -3.97. The highest BCUT2D eigenvalue weighted by atomic mass is 19.4. The minimum Gasteiger partial charge on any atom is -0.445 e. The lowest BCUT2D eigenvalue weighted by Crippen LogP contribution is -2.54. The van der Waals surface area contributed by atoms with Gasteiger partial charge in [-0.25, -0.2) is 9.18 Å². The molecule has 5 unspecified atom stereocenters. The molecule has 2 saturated heterocycles. The van der Waals surface area contributed by atoms with Gasteiger partial charge in [-0.1, -0.05) is 42.5 Å². The molecule has 5 atom stereocenters. The smallest absolute Gasteiger partial charge is 0.416 e. The third kappa shape index (κ3) is 8.31. The van der Waals surface area contributed by atoms with Crippen LogP contribution in [0.2, 0.25) is 0 Å². The fraction of sp³-hybridized carbons (Fsp3) is 0.412. The van der Waals surface area contributed by atoms with E-state index in [4.69, 9.17) is 14.2 Å². The fourth-order valence-corrected chi connectivity index (χ4v) is 6.21. The quantitative estimate of drug-likeness (QED) is 0.237. The molecule has 3 aromatic carbocycles. The number of rotatable bonds is 7. The van der Waals surface area contributed by atoms with E-state index in [1.54, 1.807) is 24.3 Å². The van der Waals surface area contributed by atoms with E-state index in [2.05, 4.69) is 0 Å². The number of ether oxygens (including phenoxy) is 3. The number of halogens is 7. The molecule has 0 spiro atoms. The monoisotopic (exact) mass is 667 g/mol. The molecule has 0 aliphatic carbocycles. The molecule has 0 bridgehead atoms. The molecule has 2 fully saturated rings. The zero-order valence-electron chi connectivity index (χ0n) is 25.2. The lowest BCUT2D eigenvalue weighted by molar-refractivity contribution is -0.214. The van der Waals surface area contributed by atoms with Gasteiger partial charge in [0.15, 0.2) is 6.29 Å². The Balaban J connectivity index is 1.46. The third-order valence-corrected chi connectivity index (χ3v) is 8.56. The first-order valence-corrected chi connectivity index (χ1v) is 15.0. The van der Waals surface area contributed by atoms with Gasteiger partial charge in [0.05, 0.1) is 23.8 Å². The van der Waals surface area contributed by atoms with Crippen LogP contribution in [-0.2, 0) is 38.0 Å². The standard InChI is InChI=1S/C34H32F7NO5/c1-20(23-15-24(33(36,37)38)17-25(16-23)34(39,40)41)47-31-30(22-7-9-26(35)10-8-22)28(12-14-45-31)29-18-27(43)11-13-42(29)32(44)46-19-21-5-3-2-4-6-21/h2-10,15-17,20,28-31H,11-14,18-19H2,1H3. The molecule has 1 amide bonds. The SMILES string of the molecule is CC(OC1OCCC(C2CC(=O)CCN2C(=O)OCc2ccccc2)C1c1ccc(F)cc1)c1cc(C(F)(F)F)cc(C(F)(F)F)c1. The van der Waals surface area contributed by atoms with E-state index in [-0.39, 0.29) is 50.0 Å². The van der Waals surface area contributed by atoms with Crippen molar-refractivity contribution < 1.29 is 54.5 Å². The van der Waals surface area contributed by atoms with E-state index in [9.17, 15) is 40.3 Å². The van der Waals surface area contributed by atoms with Crippen molar-refractivity contribution in [3.63, 3.8) is 0 Å². The van der Waals surface area contributed by atoms with Crippen LogP contribution in [0.25, 0.3) is 0 Å². The lowest BCUT2D eigenvalue weighted by atomic mass is 9.74. The van der Waals surface area contributed by atoms with Crippen LogP contribution in [-0.4, -0.2) is 42.3 Å². The summed E-state index contributed by atoms with van der Waals surface area (Å²) in [6.45, 7) is 1.43. The maximum atomic E-state index is 14.0.